The number of alkyl carbamates (subject to hydrolysis) is 1. The molecule has 148 valence electrons. The van der Waals surface area contributed by atoms with E-state index >= 15 is 0 Å². The predicted molar refractivity (Wildman–Crippen MR) is 103 cm³/mol. The number of amides is 2. The second-order valence-electron chi connectivity index (χ2n) is 7.41. The molecule has 1 aromatic rings. The van der Waals surface area contributed by atoms with Gasteiger partial charge in [-0.05, 0) is 49.7 Å². The summed E-state index contributed by atoms with van der Waals surface area (Å²) in [4.78, 5) is 23.0. The van der Waals surface area contributed by atoms with E-state index < -0.39 is 6.09 Å². The van der Waals surface area contributed by atoms with Crippen molar-refractivity contribution in [3.63, 3.8) is 0 Å². The normalized spacial score (nSPS) is 16.4. The van der Waals surface area contributed by atoms with E-state index in [0.717, 1.165) is 6.42 Å². The Balaban J connectivity index is 1.87. The Morgan fingerprint density at radius 2 is 2.04 bits per heavy atom. The third kappa shape index (κ3) is 5.98. The first kappa shape index (κ1) is 20.7. The van der Waals surface area contributed by atoms with Crippen LogP contribution in [0.4, 0.5) is 4.79 Å². The average molecular weight is 375 g/mol. The Labute approximate surface area is 160 Å². The van der Waals surface area contributed by atoms with E-state index in [-0.39, 0.29) is 17.0 Å². The van der Waals surface area contributed by atoms with Gasteiger partial charge in [0, 0.05) is 19.2 Å². The van der Waals surface area contributed by atoms with Gasteiger partial charge in [-0.25, -0.2) is 4.79 Å². The Morgan fingerprint density at radius 3 is 2.74 bits per heavy atom. The molecule has 7 nitrogen and oxygen atoms in total. The van der Waals surface area contributed by atoms with Crippen molar-refractivity contribution in [1.82, 2.24) is 15.8 Å². The number of aromatic nitrogens is 1. The molecule has 0 aliphatic heterocycles. The zero-order valence-electron chi connectivity index (χ0n) is 16.6. The molecular weight excluding hydrogens is 346 g/mol. The van der Waals surface area contributed by atoms with Gasteiger partial charge in [-0.1, -0.05) is 30.7 Å². The lowest BCUT2D eigenvalue weighted by molar-refractivity contribution is 0.0944. The Morgan fingerprint density at radius 1 is 1.30 bits per heavy atom. The van der Waals surface area contributed by atoms with Crippen LogP contribution < -0.4 is 10.6 Å². The predicted octanol–water partition coefficient (Wildman–Crippen LogP) is 3.69. The maximum Gasteiger partial charge on any atom is 0.406 e. The van der Waals surface area contributed by atoms with Gasteiger partial charge >= 0.3 is 6.09 Å². The van der Waals surface area contributed by atoms with Crippen LogP contribution in [0.3, 0.4) is 0 Å². The summed E-state index contributed by atoms with van der Waals surface area (Å²) in [5, 5.41) is 9.12. The number of hydrogen-bond acceptors (Lipinski definition) is 5. The summed E-state index contributed by atoms with van der Waals surface area (Å²) in [6.45, 7) is 7.52. The van der Waals surface area contributed by atoms with Gasteiger partial charge in [0.05, 0.1) is 7.11 Å². The molecule has 1 aliphatic rings. The van der Waals surface area contributed by atoms with Crippen LogP contribution in [0, 0.1) is 5.41 Å². The first-order valence-electron chi connectivity index (χ1n) is 9.28. The van der Waals surface area contributed by atoms with Gasteiger partial charge in [-0.2, -0.15) is 0 Å². The highest BCUT2D eigenvalue weighted by Crippen LogP contribution is 2.40. The number of nitrogens with zero attached hydrogens (tertiary/aromatic N) is 1. The third-order valence-corrected chi connectivity index (χ3v) is 4.81. The van der Waals surface area contributed by atoms with E-state index in [9.17, 15) is 9.59 Å². The molecule has 2 amide bonds. The lowest BCUT2D eigenvalue weighted by Crippen LogP contribution is -2.29. The fourth-order valence-corrected chi connectivity index (χ4v) is 3.29. The molecule has 0 unspecified atom stereocenters. The highest BCUT2D eigenvalue weighted by Gasteiger charge is 2.26. The van der Waals surface area contributed by atoms with Gasteiger partial charge in [0.1, 0.15) is 0 Å². The topological polar surface area (TPSA) is 93.5 Å². The van der Waals surface area contributed by atoms with E-state index in [0.29, 0.717) is 25.3 Å². The summed E-state index contributed by atoms with van der Waals surface area (Å²) >= 11 is 0. The van der Waals surface area contributed by atoms with E-state index in [4.69, 9.17) is 4.52 Å². The van der Waals surface area contributed by atoms with Crippen molar-refractivity contribution < 1.29 is 18.8 Å². The fourth-order valence-electron chi connectivity index (χ4n) is 3.29. The number of carbonyl (C=O) groups is 2. The molecular formula is C20H29N3O4. The van der Waals surface area contributed by atoms with Crippen LogP contribution in [0.2, 0.25) is 0 Å². The molecule has 0 saturated heterocycles. The molecule has 0 atom stereocenters. The second-order valence-corrected chi connectivity index (χ2v) is 7.41. The van der Waals surface area contributed by atoms with Crippen molar-refractivity contribution in [2.45, 2.75) is 46.5 Å². The standard InChI is InChI=1S/C20H29N3O4/c1-14-7-5-10-20(2,3)16(14)9-8-15-13-17(23-27-15)18(24)21-11-6-12-22-19(25)26-4/h8-9,13H,5-7,10-12H2,1-4H3,(H,21,24)(H,22,25)/b9-8+. The highest BCUT2D eigenvalue weighted by molar-refractivity contribution is 5.92. The summed E-state index contributed by atoms with van der Waals surface area (Å²) in [6, 6.07) is 1.63. The molecule has 1 aromatic heterocycles. The number of carbonyl (C=O) groups excluding carboxylic acids is 2. The van der Waals surface area contributed by atoms with Gasteiger partial charge in [-0.15, -0.1) is 0 Å². The fraction of sp³-hybridized carbons (Fsp3) is 0.550. The van der Waals surface area contributed by atoms with Crippen LogP contribution in [-0.4, -0.2) is 37.4 Å². The minimum atomic E-state index is -0.485. The lowest BCUT2D eigenvalue weighted by atomic mass is 9.72. The van der Waals surface area contributed by atoms with Gasteiger partial charge in [0.2, 0.25) is 0 Å². The Bertz CT molecular complexity index is 731. The molecule has 2 N–H and O–H groups in total. The third-order valence-electron chi connectivity index (χ3n) is 4.81. The number of allylic oxidation sites excluding steroid dienone is 3. The molecule has 0 fully saturated rings. The summed E-state index contributed by atoms with van der Waals surface area (Å²) in [5.74, 6) is 0.249. The Hall–Kier alpha value is -2.57. The van der Waals surface area contributed by atoms with E-state index in [2.05, 4.69) is 47.4 Å². The molecule has 27 heavy (non-hydrogen) atoms. The van der Waals surface area contributed by atoms with E-state index in [1.807, 2.05) is 6.08 Å². The number of methoxy groups -OCH3 is 1. The van der Waals surface area contributed by atoms with Crippen LogP contribution in [0.5, 0.6) is 0 Å². The minimum Gasteiger partial charge on any atom is -0.453 e. The van der Waals surface area contributed by atoms with Gasteiger partial charge in [-0.3, -0.25) is 4.79 Å². The molecule has 1 aliphatic carbocycles. The molecule has 0 bridgehead atoms. The first-order chi connectivity index (χ1) is 12.8. The first-order valence-corrected chi connectivity index (χ1v) is 9.28. The van der Waals surface area contributed by atoms with Crippen molar-refractivity contribution in [3.05, 3.63) is 34.7 Å². The minimum absolute atomic E-state index is 0.150. The van der Waals surface area contributed by atoms with Crippen molar-refractivity contribution >= 4 is 18.1 Å². The summed E-state index contributed by atoms with van der Waals surface area (Å²) < 4.78 is 9.73. The number of ether oxygens (including phenoxy) is 1. The quantitative estimate of drug-likeness (QED) is 0.709. The summed E-state index contributed by atoms with van der Waals surface area (Å²) in [7, 11) is 1.31. The van der Waals surface area contributed by atoms with Crippen LogP contribution in [-0.2, 0) is 4.74 Å². The molecule has 7 heteroatoms. The SMILES string of the molecule is COC(=O)NCCCNC(=O)c1cc(/C=C/C2=C(C)CCCC2(C)C)on1. The summed E-state index contributed by atoms with van der Waals surface area (Å²) in [6.07, 6.45) is 7.56. The second kappa shape index (κ2) is 9.39. The van der Waals surface area contributed by atoms with Crippen molar-refractivity contribution in [2.75, 3.05) is 20.2 Å². The van der Waals surface area contributed by atoms with Crippen LogP contribution >= 0.6 is 0 Å². The van der Waals surface area contributed by atoms with Crippen LogP contribution in [0.1, 0.15) is 62.7 Å². The molecule has 1 heterocycles. The lowest BCUT2D eigenvalue weighted by Gasteiger charge is -2.32. The van der Waals surface area contributed by atoms with Gasteiger partial charge < -0.3 is 19.9 Å². The summed E-state index contributed by atoms with van der Waals surface area (Å²) in [5.41, 5.74) is 3.12. The van der Waals surface area contributed by atoms with Crippen LogP contribution in [0.25, 0.3) is 6.08 Å². The number of nitrogens with one attached hydrogen (secondary N) is 2. The highest BCUT2D eigenvalue weighted by atomic mass is 16.5. The van der Waals surface area contributed by atoms with Gasteiger partial charge in [0.15, 0.2) is 11.5 Å². The van der Waals surface area contributed by atoms with Crippen molar-refractivity contribution in [3.8, 4) is 0 Å². The maximum atomic E-state index is 12.1. The number of rotatable bonds is 7. The van der Waals surface area contributed by atoms with Crippen LogP contribution in [0.15, 0.2) is 27.8 Å². The maximum absolute atomic E-state index is 12.1. The van der Waals surface area contributed by atoms with E-state index in [1.54, 1.807) is 6.07 Å². The van der Waals surface area contributed by atoms with Crippen molar-refractivity contribution in [1.29, 1.82) is 0 Å². The van der Waals surface area contributed by atoms with Crippen molar-refractivity contribution in [2.24, 2.45) is 5.41 Å². The zero-order chi connectivity index (χ0) is 19.9. The molecule has 0 spiro atoms. The smallest absolute Gasteiger partial charge is 0.406 e. The zero-order valence-corrected chi connectivity index (χ0v) is 16.6. The largest absolute Gasteiger partial charge is 0.453 e. The molecule has 0 radical (unpaired) electrons. The number of hydrogen-bond donors (Lipinski definition) is 2. The van der Waals surface area contributed by atoms with Gasteiger partial charge in [0.25, 0.3) is 5.91 Å². The Kier molecular flexibility index (Phi) is 7.21. The molecule has 2 rings (SSSR count). The molecule has 0 saturated carbocycles. The monoisotopic (exact) mass is 375 g/mol. The average Bonchev–Trinajstić information content (AvgIpc) is 3.09. The van der Waals surface area contributed by atoms with E-state index in [1.165, 1.54) is 31.1 Å². The molecule has 0 aromatic carbocycles.